The van der Waals surface area contributed by atoms with E-state index < -0.39 is 23.8 Å². The van der Waals surface area contributed by atoms with Crippen LogP contribution in [-0.2, 0) is 14.3 Å². The normalized spacial score (nSPS) is 11.4. The molecular formula is C38H38N3O6+. The van der Waals surface area contributed by atoms with Gasteiger partial charge in [0.25, 0.3) is 5.91 Å². The first-order chi connectivity index (χ1) is 22.9. The summed E-state index contributed by atoms with van der Waals surface area (Å²) in [6.07, 6.45) is 2.69. The molecule has 240 valence electrons. The minimum absolute atomic E-state index is 0.299. The molecule has 0 fully saturated rings. The van der Waals surface area contributed by atoms with Crippen molar-refractivity contribution in [1.29, 1.82) is 0 Å². The molecule has 9 heteroatoms. The van der Waals surface area contributed by atoms with Crippen LogP contribution >= 0.6 is 0 Å². The van der Waals surface area contributed by atoms with Gasteiger partial charge >= 0.3 is 5.97 Å². The maximum atomic E-state index is 13.3. The minimum atomic E-state index is -0.845. The Morgan fingerprint density at radius 2 is 1.47 bits per heavy atom. The molecule has 5 aromatic carbocycles. The van der Waals surface area contributed by atoms with Crippen LogP contribution in [0, 0.1) is 0 Å². The Labute approximate surface area is 273 Å². The molecule has 5 rings (SSSR count). The molecule has 0 heterocycles. The summed E-state index contributed by atoms with van der Waals surface area (Å²) in [5.41, 5.74) is 6.22. The van der Waals surface area contributed by atoms with E-state index in [0.717, 1.165) is 32.7 Å². The fourth-order valence-corrected chi connectivity index (χ4v) is 5.48. The zero-order chi connectivity index (χ0) is 33.2. The second kappa shape index (κ2) is 15.6. The predicted molar refractivity (Wildman–Crippen MR) is 183 cm³/mol. The third kappa shape index (κ3) is 7.77. The zero-order valence-electron chi connectivity index (χ0n) is 26.3. The Hall–Kier alpha value is -5.67. The quantitative estimate of drug-likeness (QED) is 0.109. The van der Waals surface area contributed by atoms with Crippen LogP contribution in [0.15, 0.2) is 110 Å². The number of fused-ring (bicyclic) bond motifs is 2. The number of hydrogen-bond acceptors (Lipinski definition) is 6. The van der Waals surface area contributed by atoms with Gasteiger partial charge in [-0.1, -0.05) is 79.4 Å². The molecule has 47 heavy (non-hydrogen) atoms. The summed E-state index contributed by atoms with van der Waals surface area (Å²) in [6, 6.07) is 29.3. The summed E-state index contributed by atoms with van der Waals surface area (Å²) in [5.74, 6) is -0.235. The SMILES string of the molecule is C=CCOc1ccc2ccccc2c1-c1c(OCC(=O)N[C@H](CCC[NH3+])C(=O)Nc2cccc(C(=O)OC)c2)ccc2ccccc12. The van der Waals surface area contributed by atoms with Gasteiger partial charge in [-0.05, 0) is 64.7 Å². The van der Waals surface area contributed by atoms with E-state index in [0.29, 0.717) is 48.7 Å². The smallest absolute Gasteiger partial charge is 0.337 e. The van der Waals surface area contributed by atoms with Crippen molar-refractivity contribution in [1.82, 2.24) is 5.32 Å². The fraction of sp³-hybridized carbons (Fsp3) is 0.184. The molecule has 0 saturated heterocycles. The molecule has 0 saturated carbocycles. The minimum Gasteiger partial charge on any atom is -0.489 e. The first-order valence-electron chi connectivity index (χ1n) is 15.4. The van der Waals surface area contributed by atoms with Gasteiger partial charge in [0.1, 0.15) is 24.1 Å². The molecule has 0 unspecified atom stereocenters. The lowest BCUT2D eigenvalue weighted by atomic mass is 9.92. The Morgan fingerprint density at radius 1 is 0.830 bits per heavy atom. The first kappa shape index (κ1) is 32.7. The molecule has 0 aromatic heterocycles. The summed E-state index contributed by atoms with van der Waals surface area (Å²) in [6.45, 7) is 4.39. The number of nitrogens with one attached hydrogen (secondary N) is 2. The fourth-order valence-electron chi connectivity index (χ4n) is 5.48. The number of hydrogen-bond donors (Lipinski definition) is 3. The summed E-state index contributed by atoms with van der Waals surface area (Å²) in [5, 5.41) is 9.56. The zero-order valence-corrected chi connectivity index (χ0v) is 26.3. The van der Waals surface area contributed by atoms with Crippen LogP contribution in [0.1, 0.15) is 23.2 Å². The van der Waals surface area contributed by atoms with E-state index in [-0.39, 0.29) is 6.61 Å². The number of anilines is 1. The van der Waals surface area contributed by atoms with E-state index in [4.69, 9.17) is 14.2 Å². The highest BCUT2D eigenvalue weighted by Crippen LogP contribution is 2.45. The molecule has 0 bridgehead atoms. The Morgan fingerprint density at radius 3 is 2.09 bits per heavy atom. The summed E-state index contributed by atoms with van der Waals surface area (Å²) >= 11 is 0. The van der Waals surface area contributed by atoms with Gasteiger partial charge in [0, 0.05) is 16.8 Å². The Balaban J connectivity index is 1.42. The number of methoxy groups -OCH3 is 1. The molecular weight excluding hydrogens is 594 g/mol. The standard InChI is InChI=1S/C38H37N3O6/c1-3-22-46-32-19-17-25-10-4-6-14-29(25)35(32)36-30-15-7-5-11-26(30)18-20-33(36)47-24-34(42)41-31(16-9-21-39)37(43)40-28-13-8-12-27(23-28)38(44)45-2/h3-8,10-15,17-20,23,31H,1,9,16,21-22,24,39H2,2H3,(H,40,43)(H,41,42)/p+1/t31-/m1/s1. The third-order valence-electron chi connectivity index (χ3n) is 7.69. The highest BCUT2D eigenvalue weighted by atomic mass is 16.5. The number of quaternary nitrogens is 1. The molecule has 5 aromatic rings. The van der Waals surface area contributed by atoms with Gasteiger partial charge in [-0.15, -0.1) is 0 Å². The molecule has 2 amide bonds. The monoisotopic (exact) mass is 632 g/mol. The van der Waals surface area contributed by atoms with Crippen molar-refractivity contribution >= 4 is 45.0 Å². The second-order valence-corrected chi connectivity index (χ2v) is 10.9. The van der Waals surface area contributed by atoms with Crippen molar-refractivity contribution in [3.8, 4) is 22.6 Å². The molecule has 9 nitrogen and oxygen atoms in total. The van der Waals surface area contributed by atoms with E-state index in [1.54, 1.807) is 24.3 Å². The first-order valence-corrected chi connectivity index (χ1v) is 15.4. The number of rotatable bonds is 14. The van der Waals surface area contributed by atoms with E-state index in [9.17, 15) is 14.4 Å². The summed E-state index contributed by atoms with van der Waals surface area (Å²) in [7, 11) is 1.29. The topological polar surface area (TPSA) is 131 Å². The molecule has 0 aliphatic rings. The van der Waals surface area contributed by atoms with Gasteiger partial charge in [-0.2, -0.15) is 0 Å². The van der Waals surface area contributed by atoms with E-state index in [1.165, 1.54) is 13.2 Å². The van der Waals surface area contributed by atoms with Crippen LogP contribution < -0.4 is 25.8 Å². The van der Waals surface area contributed by atoms with Gasteiger partial charge in [-0.3, -0.25) is 9.59 Å². The number of carbonyl (C=O) groups is 3. The van der Waals surface area contributed by atoms with Gasteiger partial charge < -0.3 is 30.6 Å². The van der Waals surface area contributed by atoms with Gasteiger partial charge in [0.2, 0.25) is 5.91 Å². The lowest BCUT2D eigenvalue weighted by Gasteiger charge is -2.21. The average molecular weight is 633 g/mol. The van der Waals surface area contributed by atoms with E-state index in [2.05, 4.69) is 22.9 Å². The van der Waals surface area contributed by atoms with Gasteiger partial charge in [-0.25, -0.2) is 4.79 Å². The Kier molecular flexibility index (Phi) is 10.8. The van der Waals surface area contributed by atoms with Crippen molar-refractivity contribution in [2.75, 3.05) is 32.2 Å². The van der Waals surface area contributed by atoms with Crippen LogP contribution in [0.4, 0.5) is 5.69 Å². The van der Waals surface area contributed by atoms with E-state index in [1.807, 2.05) is 72.8 Å². The number of carbonyl (C=O) groups excluding carboxylic acids is 3. The van der Waals surface area contributed by atoms with Gasteiger partial charge in [0.15, 0.2) is 6.61 Å². The molecule has 0 radical (unpaired) electrons. The second-order valence-electron chi connectivity index (χ2n) is 10.9. The molecule has 5 N–H and O–H groups in total. The summed E-state index contributed by atoms with van der Waals surface area (Å²) < 4.78 is 17.2. The van der Waals surface area contributed by atoms with Crippen molar-refractivity contribution in [2.45, 2.75) is 18.9 Å². The summed E-state index contributed by atoms with van der Waals surface area (Å²) in [4.78, 5) is 38.6. The number of amides is 2. The highest BCUT2D eigenvalue weighted by Gasteiger charge is 2.23. The predicted octanol–water partition coefficient (Wildman–Crippen LogP) is 5.54. The number of benzene rings is 5. The largest absolute Gasteiger partial charge is 0.489 e. The van der Waals surface area contributed by atoms with Crippen molar-refractivity contribution in [3.63, 3.8) is 0 Å². The lowest BCUT2D eigenvalue weighted by molar-refractivity contribution is -0.368. The number of esters is 1. The average Bonchev–Trinajstić information content (AvgIpc) is 3.10. The van der Waals surface area contributed by atoms with Crippen LogP contribution in [0.2, 0.25) is 0 Å². The molecule has 0 aliphatic heterocycles. The molecule has 0 aliphatic carbocycles. The van der Waals surface area contributed by atoms with Crippen LogP contribution in [0.3, 0.4) is 0 Å². The van der Waals surface area contributed by atoms with Crippen LogP contribution in [-0.4, -0.2) is 50.7 Å². The maximum Gasteiger partial charge on any atom is 0.337 e. The van der Waals surface area contributed by atoms with Crippen LogP contribution in [0.25, 0.3) is 32.7 Å². The van der Waals surface area contributed by atoms with Crippen molar-refractivity contribution in [2.24, 2.45) is 0 Å². The van der Waals surface area contributed by atoms with Gasteiger partial charge in [0.05, 0.1) is 19.2 Å². The van der Waals surface area contributed by atoms with Crippen molar-refractivity contribution < 1.29 is 34.3 Å². The highest BCUT2D eigenvalue weighted by molar-refractivity contribution is 6.10. The lowest BCUT2D eigenvalue weighted by Crippen LogP contribution is -2.51. The molecule has 0 spiro atoms. The van der Waals surface area contributed by atoms with Crippen LogP contribution in [0.5, 0.6) is 11.5 Å². The molecule has 1 atom stereocenters. The Bertz CT molecular complexity index is 1920. The third-order valence-corrected chi connectivity index (χ3v) is 7.69. The van der Waals surface area contributed by atoms with Crippen molar-refractivity contribution in [3.05, 3.63) is 115 Å². The number of ether oxygens (including phenoxy) is 3. The maximum absolute atomic E-state index is 13.3. The van der Waals surface area contributed by atoms with E-state index >= 15 is 0 Å².